The Morgan fingerprint density at radius 3 is 2.36 bits per heavy atom. The SMILES string of the molecule is Nc1cc(C(O)(O)O)ccn1. The number of hydrogen-bond donors (Lipinski definition) is 4. The third kappa shape index (κ3) is 1.87. The summed E-state index contributed by atoms with van der Waals surface area (Å²) in [6.07, 6.45) is 1.27. The third-order valence-corrected chi connectivity index (χ3v) is 1.17. The van der Waals surface area contributed by atoms with E-state index in [9.17, 15) is 0 Å². The highest BCUT2D eigenvalue weighted by Crippen LogP contribution is 2.14. The number of rotatable bonds is 1. The summed E-state index contributed by atoms with van der Waals surface area (Å²) >= 11 is 0. The van der Waals surface area contributed by atoms with Crippen LogP contribution in [0, 0.1) is 0 Å². The average molecular weight is 156 g/mol. The van der Waals surface area contributed by atoms with Gasteiger partial charge >= 0.3 is 5.97 Å². The summed E-state index contributed by atoms with van der Waals surface area (Å²) in [6, 6.07) is 2.41. The van der Waals surface area contributed by atoms with Crippen LogP contribution in [0.3, 0.4) is 0 Å². The first-order valence-electron chi connectivity index (χ1n) is 2.89. The quantitative estimate of drug-likeness (QED) is 0.381. The topological polar surface area (TPSA) is 99.6 Å². The van der Waals surface area contributed by atoms with Crippen LogP contribution in [-0.2, 0) is 5.97 Å². The summed E-state index contributed by atoms with van der Waals surface area (Å²) in [6.45, 7) is 0. The van der Waals surface area contributed by atoms with Gasteiger partial charge in [-0.2, -0.15) is 0 Å². The Hall–Kier alpha value is -1.17. The zero-order chi connectivity index (χ0) is 8.48. The van der Waals surface area contributed by atoms with Crippen LogP contribution in [0.4, 0.5) is 5.82 Å². The Labute approximate surface area is 62.7 Å². The van der Waals surface area contributed by atoms with Gasteiger partial charge in [0.15, 0.2) is 0 Å². The molecule has 0 aliphatic heterocycles. The van der Waals surface area contributed by atoms with Gasteiger partial charge < -0.3 is 21.1 Å². The lowest BCUT2D eigenvalue weighted by Gasteiger charge is -2.13. The molecule has 0 unspecified atom stereocenters. The fraction of sp³-hybridized carbons (Fsp3) is 0.167. The summed E-state index contributed by atoms with van der Waals surface area (Å²) < 4.78 is 0. The lowest BCUT2D eigenvalue weighted by atomic mass is 10.2. The van der Waals surface area contributed by atoms with E-state index in [1.807, 2.05) is 0 Å². The number of aromatic nitrogens is 1. The maximum atomic E-state index is 8.64. The van der Waals surface area contributed by atoms with E-state index in [0.29, 0.717) is 0 Å². The molecule has 0 atom stereocenters. The second-order valence-corrected chi connectivity index (χ2v) is 2.10. The Morgan fingerprint density at radius 1 is 1.36 bits per heavy atom. The molecule has 0 amide bonds. The summed E-state index contributed by atoms with van der Waals surface area (Å²) in [7, 11) is 0. The Balaban J connectivity index is 3.06. The highest BCUT2D eigenvalue weighted by molar-refractivity contribution is 5.32. The normalized spacial score (nSPS) is 11.5. The van der Waals surface area contributed by atoms with E-state index in [4.69, 9.17) is 21.1 Å². The Bertz CT molecular complexity index is 256. The number of nitrogens with two attached hydrogens (primary N) is 1. The van der Waals surface area contributed by atoms with E-state index < -0.39 is 5.97 Å². The van der Waals surface area contributed by atoms with E-state index in [-0.39, 0.29) is 11.4 Å². The number of nitrogens with zero attached hydrogens (tertiary/aromatic N) is 1. The van der Waals surface area contributed by atoms with Crippen molar-refractivity contribution >= 4 is 5.82 Å². The molecule has 5 nitrogen and oxygen atoms in total. The highest BCUT2D eigenvalue weighted by atomic mass is 16.7. The van der Waals surface area contributed by atoms with Gasteiger partial charge in [-0.25, -0.2) is 4.98 Å². The Morgan fingerprint density at radius 2 is 2.00 bits per heavy atom. The van der Waals surface area contributed by atoms with Gasteiger partial charge in [-0.1, -0.05) is 0 Å². The maximum Gasteiger partial charge on any atom is 0.304 e. The minimum atomic E-state index is -2.84. The van der Waals surface area contributed by atoms with Gasteiger partial charge in [0, 0.05) is 11.8 Å². The molecular formula is C6H8N2O3. The fourth-order valence-corrected chi connectivity index (χ4v) is 0.657. The van der Waals surface area contributed by atoms with E-state index in [0.717, 1.165) is 0 Å². The molecule has 1 heterocycles. The van der Waals surface area contributed by atoms with Crippen LogP contribution >= 0.6 is 0 Å². The minimum absolute atomic E-state index is 0.106. The largest absolute Gasteiger partial charge is 0.384 e. The lowest BCUT2D eigenvalue weighted by molar-refractivity contribution is -0.323. The first-order valence-corrected chi connectivity index (χ1v) is 2.89. The van der Waals surface area contributed by atoms with Crippen LogP contribution in [-0.4, -0.2) is 20.3 Å². The first kappa shape index (κ1) is 7.93. The molecule has 0 radical (unpaired) electrons. The molecule has 1 aromatic rings. The summed E-state index contributed by atoms with van der Waals surface area (Å²) in [5.74, 6) is -2.72. The molecule has 0 saturated heterocycles. The first-order chi connectivity index (χ1) is 5.00. The van der Waals surface area contributed by atoms with Crippen molar-refractivity contribution in [3.8, 4) is 0 Å². The van der Waals surface area contributed by atoms with Crippen LogP contribution in [0.25, 0.3) is 0 Å². The lowest BCUT2D eigenvalue weighted by Crippen LogP contribution is -2.23. The van der Waals surface area contributed by atoms with E-state index in [1.165, 1.54) is 18.3 Å². The molecule has 60 valence electrons. The molecule has 0 aromatic carbocycles. The third-order valence-electron chi connectivity index (χ3n) is 1.17. The van der Waals surface area contributed by atoms with Crippen molar-refractivity contribution in [2.75, 3.05) is 5.73 Å². The van der Waals surface area contributed by atoms with Crippen molar-refractivity contribution < 1.29 is 15.3 Å². The van der Waals surface area contributed by atoms with Gasteiger partial charge in [-0.15, -0.1) is 0 Å². The van der Waals surface area contributed by atoms with Gasteiger partial charge in [0.05, 0.1) is 0 Å². The molecule has 0 aliphatic rings. The van der Waals surface area contributed by atoms with Crippen LogP contribution in [0.1, 0.15) is 5.56 Å². The molecule has 0 fully saturated rings. The van der Waals surface area contributed by atoms with Gasteiger partial charge in [0.25, 0.3) is 0 Å². The highest BCUT2D eigenvalue weighted by Gasteiger charge is 2.21. The Kier molecular flexibility index (Phi) is 1.77. The molecule has 0 bridgehead atoms. The number of pyridine rings is 1. The molecule has 0 aliphatic carbocycles. The number of hydrogen-bond acceptors (Lipinski definition) is 5. The number of aliphatic hydroxyl groups is 3. The van der Waals surface area contributed by atoms with Gasteiger partial charge in [-0.3, -0.25) is 0 Å². The maximum absolute atomic E-state index is 8.64. The van der Waals surface area contributed by atoms with Crippen molar-refractivity contribution in [1.29, 1.82) is 0 Å². The molecule has 11 heavy (non-hydrogen) atoms. The van der Waals surface area contributed by atoms with Crippen LogP contribution < -0.4 is 5.73 Å². The van der Waals surface area contributed by atoms with Crippen LogP contribution in [0.15, 0.2) is 18.3 Å². The van der Waals surface area contributed by atoms with Crippen molar-refractivity contribution in [3.63, 3.8) is 0 Å². The van der Waals surface area contributed by atoms with Crippen molar-refractivity contribution in [1.82, 2.24) is 4.98 Å². The van der Waals surface area contributed by atoms with E-state index in [1.54, 1.807) is 0 Å². The van der Waals surface area contributed by atoms with Crippen LogP contribution in [0.5, 0.6) is 0 Å². The summed E-state index contributed by atoms with van der Waals surface area (Å²) in [4.78, 5) is 3.60. The predicted octanol–water partition coefficient (Wildman–Crippen LogP) is -1.25. The monoisotopic (exact) mass is 156 g/mol. The molecule has 5 heteroatoms. The standard InChI is InChI=1S/C6H8N2O3/c7-5-3-4(1-2-8-5)6(9,10)11/h1-3,9-11H,(H2,7,8). The number of nitrogen functional groups attached to an aromatic ring is 1. The van der Waals surface area contributed by atoms with Crippen molar-refractivity contribution in [2.45, 2.75) is 5.97 Å². The van der Waals surface area contributed by atoms with E-state index in [2.05, 4.69) is 4.98 Å². The summed E-state index contributed by atoms with van der Waals surface area (Å²) in [5, 5.41) is 25.9. The van der Waals surface area contributed by atoms with Crippen LogP contribution in [0.2, 0.25) is 0 Å². The molecule has 1 rings (SSSR count). The second-order valence-electron chi connectivity index (χ2n) is 2.10. The van der Waals surface area contributed by atoms with Gasteiger partial charge in [0.1, 0.15) is 5.82 Å². The molecular weight excluding hydrogens is 148 g/mol. The molecule has 0 spiro atoms. The van der Waals surface area contributed by atoms with Crippen molar-refractivity contribution in [2.24, 2.45) is 0 Å². The number of anilines is 1. The zero-order valence-electron chi connectivity index (χ0n) is 5.60. The predicted molar refractivity (Wildman–Crippen MR) is 37.0 cm³/mol. The van der Waals surface area contributed by atoms with E-state index >= 15 is 0 Å². The van der Waals surface area contributed by atoms with Gasteiger partial charge in [0.2, 0.25) is 0 Å². The minimum Gasteiger partial charge on any atom is -0.384 e. The molecule has 0 saturated carbocycles. The summed E-state index contributed by atoms with van der Waals surface area (Å²) in [5.41, 5.74) is 5.10. The smallest absolute Gasteiger partial charge is 0.304 e. The molecule has 5 N–H and O–H groups in total. The van der Waals surface area contributed by atoms with Gasteiger partial charge in [-0.05, 0) is 12.1 Å². The molecule has 1 aromatic heterocycles. The van der Waals surface area contributed by atoms with Crippen molar-refractivity contribution in [3.05, 3.63) is 23.9 Å². The average Bonchev–Trinajstić information content (AvgIpc) is 1.86. The fourth-order valence-electron chi connectivity index (χ4n) is 0.657. The second kappa shape index (κ2) is 2.46. The zero-order valence-corrected chi connectivity index (χ0v) is 5.60.